The van der Waals surface area contributed by atoms with Crippen molar-refractivity contribution in [2.24, 2.45) is 5.73 Å². The summed E-state index contributed by atoms with van der Waals surface area (Å²) in [5.41, 5.74) is 5.95. The molecule has 88 valence electrons. The number of halogens is 1. The van der Waals surface area contributed by atoms with Crippen LogP contribution < -0.4 is 10.5 Å². The van der Waals surface area contributed by atoms with Crippen molar-refractivity contribution in [3.63, 3.8) is 0 Å². The van der Waals surface area contributed by atoms with E-state index in [1.54, 1.807) is 0 Å². The first-order chi connectivity index (χ1) is 7.68. The van der Waals surface area contributed by atoms with E-state index >= 15 is 0 Å². The summed E-state index contributed by atoms with van der Waals surface area (Å²) in [6.45, 7) is 2.06. The zero-order valence-electron chi connectivity index (χ0n) is 9.12. The van der Waals surface area contributed by atoms with Crippen molar-refractivity contribution in [3.8, 4) is 5.75 Å². The molecule has 0 amide bonds. The van der Waals surface area contributed by atoms with E-state index in [1.807, 2.05) is 24.3 Å². The summed E-state index contributed by atoms with van der Waals surface area (Å²) in [4.78, 5) is 0. The monoisotopic (exact) mass is 285 g/mol. The first kappa shape index (κ1) is 11.9. The van der Waals surface area contributed by atoms with Crippen LogP contribution in [-0.2, 0) is 4.74 Å². The molecule has 1 saturated heterocycles. The van der Waals surface area contributed by atoms with E-state index in [1.165, 1.54) is 0 Å². The topological polar surface area (TPSA) is 44.5 Å². The molecule has 1 fully saturated rings. The fourth-order valence-electron chi connectivity index (χ4n) is 1.72. The van der Waals surface area contributed by atoms with Gasteiger partial charge in [0, 0.05) is 23.0 Å². The number of benzene rings is 1. The predicted molar refractivity (Wildman–Crippen MR) is 66.6 cm³/mol. The van der Waals surface area contributed by atoms with Crippen LogP contribution in [0.2, 0.25) is 0 Å². The third kappa shape index (κ3) is 3.20. The van der Waals surface area contributed by atoms with E-state index in [0.717, 1.165) is 29.7 Å². The summed E-state index contributed by atoms with van der Waals surface area (Å²) >= 11 is 3.38. The summed E-state index contributed by atoms with van der Waals surface area (Å²) in [5.74, 6) is 0.880. The molecule has 0 saturated carbocycles. The van der Waals surface area contributed by atoms with Gasteiger partial charge in [-0.3, -0.25) is 0 Å². The molecule has 0 aliphatic carbocycles. The highest BCUT2D eigenvalue weighted by atomic mass is 79.9. The standard InChI is InChI=1S/C12H16BrNO2/c13-10-1-3-11(4-2-10)16-8-6-12(14)5-7-15-9-12/h1-4H,5-9,14H2. The van der Waals surface area contributed by atoms with Gasteiger partial charge in [-0.15, -0.1) is 0 Å². The van der Waals surface area contributed by atoms with Crippen LogP contribution in [0, 0.1) is 0 Å². The Bertz CT molecular complexity index is 333. The van der Waals surface area contributed by atoms with Crippen molar-refractivity contribution in [2.75, 3.05) is 19.8 Å². The Kier molecular flexibility index (Phi) is 3.84. The van der Waals surface area contributed by atoms with Gasteiger partial charge in [-0.1, -0.05) is 15.9 Å². The van der Waals surface area contributed by atoms with Crippen molar-refractivity contribution < 1.29 is 9.47 Å². The lowest BCUT2D eigenvalue weighted by Gasteiger charge is -2.21. The van der Waals surface area contributed by atoms with Gasteiger partial charge in [0.2, 0.25) is 0 Å². The highest BCUT2D eigenvalue weighted by Crippen LogP contribution is 2.21. The SMILES string of the molecule is NC1(CCOc2ccc(Br)cc2)CCOC1. The van der Waals surface area contributed by atoms with E-state index in [4.69, 9.17) is 15.2 Å². The second kappa shape index (κ2) is 5.17. The van der Waals surface area contributed by atoms with Gasteiger partial charge in [0.25, 0.3) is 0 Å². The summed E-state index contributed by atoms with van der Waals surface area (Å²) in [5, 5.41) is 0. The van der Waals surface area contributed by atoms with Crippen LogP contribution >= 0.6 is 15.9 Å². The second-order valence-corrected chi connectivity index (χ2v) is 5.13. The van der Waals surface area contributed by atoms with Crippen LogP contribution in [0.4, 0.5) is 0 Å². The second-order valence-electron chi connectivity index (χ2n) is 4.22. The van der Waals surface area contributed by atoms with Gasteiger partial charge < -0.3 is 15.2 Å². The van der Waals surface area contributed by atoms with E-state index in [2.05, 4.69) is 15.9 Å². The van der Waals surface area contributed by atoms with Crippen molar-refractivity contribution in [3.05, 3.63) is 28.7 Å². The molecule has 2 N–H and O–H groups in total. The van der Waals surface area contributed by atoms with Gasteiger partial charge in [-0.2, -0.15) is 0 Å². The lowest BCUT2D eigenvalue weighted by Crippen LogP contribution is -2.41. The Balaban J connectivity index is 1.77. The quantitative estimate of drug-likeness (QED) is 0.924. The zero-order valence-corrected chi connectivity index (χ0v) is 10.7. The summed E-state index contributed by atoms with van der Waals surface area (Å²) in [6.07, 6.45) is 1.76. The van der Waals surface area contributed by atoms with Crippen LogP contribution in [0.3, 0.4) is 0 Å². The molecule has 1 aromatic rings. The minimum atomic E-state index is -0.185. The highest BCUT2D eigenvalue weighted by Gasteiger charge is 2.29. The maximum atomic E-state index is 6.13. The first-order valence-corrected chi connectivity index (χ1v) is 6.22. The highest BCUT2D eigenvalue weighted by molar-refractivity contribution is 9.10. The summed E-state index contributed by atoms with van der Waals surface area (Å²) in [6, 6.07) is 7.81. The number of rotatable bonds is 4. The molecule has 1 aromatic carbocycles. The van der Waals surface area contributed by atoms with Crippen LogP contribution in [-0.4, -0.2) is 25.4 Å². The summed E-state index contributed by atoms with van der Waals surface area (Å²) in [7, 11) is 0. The van der Waals surface area contributed by atoms with Gasteiger partial charge in [0.15, 0.2) is 0 Å². The van der Waals surface area contributed by atoms with Crippen LogP contribution in [0.5, 0.6) is 5.75 Å². The van der Waals surface area contributed by atoms with Gasteiger partial charge in [-0.25, -0.2) is 0 Å². The minimum Gasteiger partial charge on any atom is -0.494 e. The van der Waals surface area contributed by atoms with Crippen LogP contribution in [0.25, 0.3) is 0 Å². The zero-order chi connectivity index (χ0) is 11.4. The third-order valence-electron chi connectivity index (χ3n) is 2.82. The average molecular weight is 286 g/mol. The van der Waals surface area contributed by atoms with E-state index in [9.17, 15) is 0 Å². The molecule has 1 unspecified atom stereocenters. The van der Waals surface area contributed by atoms with E-state index < -0.39 is 0 Å². The van der Waals surface area contributed by atoms with Crippen LogP contribution in [0.1, 0.15) is 12.8 Å². The lowest BCUT2D eigenvalue weighted by atomic mass is 9.97. The predicted octanol–water partition coefficient (Wildman–Crippen LogP) is 2.34. The Morgan fingerprint density at radius 1 is 1.38 bits per heavy atom. The molecule has 0 radical (unpaired) electrons. The molecule has 16 heavy (non-hydrogen) atoms. The van der Waals surface area contributed by atoms with E-state index in [0.29, 0.717) is 13.2 Å². The smallest absolute Gasteiger partial charge is 0.119 e. The maximum absolute atomic E-state index is 6.13. The normalized spacial score (nSPS) is 24.6. The molecule has 3 nitrogen and oxygen atoms in total. The molecule has 1 heterocycles. The molecule has 0 spiro atoms. The first-order valence-electron chi connectivity index (χ1n) is 5.43. The van der Waals surface area contributed by atoms with Crippen LogP contribution in [0.15, 0.2) is 28.7 Å². The van der Waals surface area contributed by atoms with Gasteiger partial charge in [-0.05, 0) is 30.7 Å². The van der Waals surface area contributed by atoms with Crippen molar-refractivity contribution >= 4 is 15.9 Å². The number of hydrogen-bond donors (Lipinski definition) is 1. The number of nitrogens with two attached hydrogens (primary N) is 1. The number of ether oxygens (including phenoxy) is 2. The third-order valence-corrected chi connectivity index (χ3v) is 3.34. The molecule has 2 rings (SSSR count). The Morgan fingerprint density at radius 3 is 2.75 bits per heavy atom. The van der Waals surface area contributed by atoms with Crippen molar-refractivity contribution in [1.29, 1.82) is 0 Å². The fourth-order valence-corrected chi connectivity index (χ4v) is 1.99. The molecule has 0 aromatic heterocycles. The van der Waals surface area contributed by atoms with Crippen molar-refractivity contribution in [2.45, 2.75) is 18.4 Å². The Hall–Kier alpha value is -0.580. The van der Waals surface area contributed by atoms with E-state index in [-0.39, 0.29) is 5.54 Å². The average Bonchev–Trinajstić information content (AvgIpc) is 2.69. The molecule has 1 aliphatic heterocycles. The molecular formula is C12H16BrNO2. The lowest BCUT2D eigenvalue weighted by molar-refractivity contribution is 0.167. The molecule has 1 atom stereocenters. The molecule has 1 aliphatic rings. The number of hydrogen-bond acceptors (Lipinski definition) is 3. The Morgan fingerprint density at radius 2 is 2.12 bits per heavy atom. The van der Waals surface area contributed by atoms with Gasteiger partial charge in [0.1, 0.15) is 5.75 Å². The summed E-state index contributed by atoms with van der Waals surface area (Å²) < 4.78 is 12.0. The van der Waals surface area contributed by atoms with Crippen molar-refractivity contribution in [1.82, 2.24) is 0 Å². The maximum Gasteiger partial charge on any atom is 0.119 e. The molecular weight excluding hydrogens is 270 g/mol. The fraction of sp³-hybridized carbons (Fsp3) is 0.500. The Labute approximate surface area is 104 Å². The van der Waals surface area contributed by atoms with Gasteiger partial charge >= 0.3 is 0 Å². The molecule has 0 bridgehead atoms. The molecule has 4 heteroatoms. The van der Waals surface area contributed by atoms with Gasteiger partial charge in [0.05, 0.1) is 13.2 Å². The largest absolute Gasteiger partial charge is 0.494 e. The minimum absolute atomic E-state index is 0.185.